The molecule has 0 saturated carbocycles. The average Bonchev–Trinajstić information content (AvgIpc) is 2.35. The molecule has 0 amide bonds. The maximum Gasteiger partial charge on any atom is 0.127 e. The van der Waals surface area contributed by atoms with Crippen molar-refractivity contribution in [1.82, 2.24) is 4.90 Å². The van der Waals surface area contributed by atoms with Crippen LogP contribution in [0.15, 0.2) is 18.2 Å². The van der Waals surface area contributed by atoms with E-state index in [0.29, 0.717) is 6.54 Å². The highest BCUT2D eigenvalue weighted by atomic mass is 19.1. The fraction of sp³-hybridized carbons (Fsp3) is 0.600. The smallest absolute Gasteiger partial charge is 0.127 e. The molecule has 3 heteroatoms. The van der Waals surface area contributed by atoms with E-state index in [-0.39, 0.29) is 5.82 Å². The van der Waals surface area contributed by atoms with Crippen LogP contribution in [0, 0.1) is 5.82 Å². The van der Waals surface area contributed by atoms with Crippen molar-refractivity contribution < 1.29 is 4.39 Å². The van der Waals surface area contributed by atoms with Gasteiger partial charge in [0.1, 0.15) is 5.82 Å². The molecule has 0 spiro atoms. The summed E-state index contributed by atoms with van der Waals surface area (Å²) in [5.41, 5.74) is 7.41. The molecule has 2 N–H and O–H groups in total. The van der Waals surface area contributed by atoms with Gasteiger partial charge in [0.15, 0.2) is 0 Å². The van der Waals surface area contributed by atoms with Gasteiger partial charge in [0.25, 0.3) is 0 Å². The Morgan fingerprint density at radius 1 is 1.06 bits per heavy atom. The third-order valence-electron chi connectivity index (χ3n) is 3.69. The van der Waals surface area contributed by atoms with Gasteiger partial charge in [-0.15, -0.1) is 0 Å². The first kappa shape index (κ1) is 13.5. The SMILES string of the molecule is NCc1ccc(F)c(CN2CCCCCCC2)c1. The van der Waals surface area contributed by atoms with Crippen molar-refractivity contribution in [3.8, 4) is 0 Å². The second-order valence-electron chi connectivity index (χ2n) is 5.17. The number of nitrogens with two attached hydrogens (primary N) is 1. The van der Waals surface area contributed by atoms with Crippen molar-refractivity contribution >= 4 is 0 Å². The Hall–Kier alpha value is -0.930. The minimum Gasteiger partial charge on any atom is -0.326 e. The van der Waals surface area contributed by atoms with E-state index in [2.05, 4.69) is 4.90 Å². The third kappa shape index (κ3) is 3.79. The van der Waals surface area contributed by atoms with Gasteiger partial charge in [-0.1, -0.05) is 31.4 Å². The molecule has 1 aliphatic heterocycles. The Balaban J connectivity index is 2.02. The Bertz CT molecular complexity index is 371. The summed E-state index contributed by atoms with van der Waals surface area (Å²) in [6, 6.07) is 5.22. The summed E-state index contributed by atoms with van der Waals surface area (Å²) in [6.07, 6.45) is 6.44. The molecular weight excluding hydrogens is 227 g/mol. The highest BCUT2D eigenvalue weighted by Gasteiger charge is 2.11. The summed E-state index contributed by atoms with van der Waals surface area (Å²) in [5.74, 6) is -0.103. The van der Waals surface area contributed by atoms with Gasteiger partial charge >= 0.3 is 0 Å². The predicted octanol–water partition coefficient (Wildman–Crippen LogP) is 3.05. The lowest BCUT2D eigenvalue weighted by atomic mass is 10.1. The van der Waals surface area contributed by atoms with E-state index in [4.69, 9.17) is 5.73 Å². The molecule has 0 aromatic heterocycles. The van der Waals surface area contributed by atoms with Crippen LogP contribution in [0.25, 0.3) is 0 Å². The molecule has 0 aliphatic carbocycles. The van der Waals surface area contributed by atoms with Crippen LogP contribution in [0.2, 0.25) is 0 Å². The van der Waals surface area contributed by atoms with Crippen molar-refractivity contribution in [3.05, 3.63) is 35.1 Å². The predicted molar refractivity (Wildman–Crippen MR) is 72.7 cm³/mol. The van der Waals surface area contributed by atoms with Gasteiger partial charge in [-0.25, -0.2) is 4.39 Å². The molecule has 1 aliphatic rings. The molecule has 100 valence electrons. The van der Waals surface area contributed by atoms with Crippen LogP contribution in [-0.4, -0.2) is 18.0 Å². The standard InChI is InChI=1S/C15H23FN2/c16-15-7-6-13(11-17)10-14(15)12-18-8-4-2-1-3-5-9-18/h6-7,10H,1-5,8-9,11-12,17H2. The van der Waals surface area contributed by atoms with Crippen molar-refractivity contribution in [3.63, 3.8) is 0 Å². The topological polar surface area (TPSA) is 29.3 Å². The molecule has 0 bridgehead atoms. The summed E-state index contributed by atoms with van der Waals surface area (Å²) in [5, 5.41) is 0. The number of likely N-dealkylation sites (tertiary alicyclic amines) is 1. The fourth-order valence-corrected chi connectivity index (χ4v) is 2.59. The minimum atomic E-state index is -0.103. The molecular formula is C15H23FN2. The van der Waals surface area contributed by atoms with Crippen molar-refractivity contribution in [2.75, 3.05) is 13.1 Å². The van der Waals surface area contributed by atoms with Gasteiger partial charge in [-0.3, -0.25) is 4.90 Å². The molecule has 2 nitrogen and oxygen atoms in total. The molecule has 1 heterocycles. The average molecular weight is 250 g/mol. The van der Waals surface area contributed by atoms with Gasteiger partial charge < -0.3 is 5.73 Å². The van der Waals surface area contributed by atoms with Crippen molar-refractivity contribution in [1.29, 1.82) is 0 Å². The highest BCUT2D eigenvalue weighted by molar-refractivity contribution is 5.25. The Morgan fingerprint density at radius 3 is 2.39 bits per heavy atom. The molecule has 18 heavy (non-hydrogen) atoms. The zero-order chi connectivity index (χ0) is 12.8. The molecule has 1 fully saturated rings. The quantitative estimate of drug-likeness (QED) is 0.893. The van der Waals surface area contributed by atoms with E-state index in [9.17, 15) is 4.39 Å². The van der Waals surface area contributed by atoms with Gasteiger partial charge in [-0.05, 0) is 37.6 Å². The zero-order valence-electron chi connectivity index (χ0n) is 11.0. The van der Waals surface area contributed by atoms with E-state index in [1.807, 2.05) is 6.07 Å². The maximum atomic E-state index is 13.8. The monoisotopic (exact) mass is 250 g/mol. The Kier molecular flexibility index (Phi) is 5.14. The van der Waals surface area contributed by atoms with E-state index < -0.39 is 0 Å². The van der Waals surface area contributed by atoms with Gasteiger partial charge in [0, 0.05) is 18.7 Å². The maximum absolute atomic E-state index is 13.8. The van der Waals surface area contributed by atoms with E-state index in [1.165, 1.54) is 32.1 Å². The first-order chi connectivity index (χ1) is 8.79. The largest absolute Gasteiger partial charge is 0.326 e. The molecule has 0 unspecified atom stereocenters. The lowest BCUT2D eigenvalue weighted by Crippen LogP contribution is -2.27. The second kappa shape index (κ2) is 6.86. The second-order valence-corrected chi connectivity index (χ2v) is 5.17. The number of benzene rings is 1. The van der Waals surface area contributed by atoms with Crippen LogP contribution in [0.3, 0.4) is 0 Å². The van der Waals surface area contributed by atoms with Crippen LogP contribution in [0.4, 0.5) is 4.39 Å². The zero-order valence-corrected chi connectivity index (χ0v) is 11.0. The van der Waals surface area contributed by atoms with E-state index in [1.54, 1.807) is 12.1 Å². The van der Waals surface area contributed by atoms with Crippen molar-refractivity contribution in [2.24, 2.45) is 5.73 Å². The summed E-state index contributed by atoms with van der Waals surface area (Å²) in [4.78, 5) is 2.37. The van der Waals surface area contributed by atoms with Gasteiger partial charge in [0.05, 0.1) is 0 Å². The Labute approximate surface area is 109 Å². The number of nitrogens with zero attached hydrogens (tertiary/aromatic N) is 1. The molecule has 0 radical (unpaired) electrons. The normalized spacial score (nSPS) is 18.3. The first-order valence-electron chi connectivity index (χ1n) is 6.99. The van der Waals surface area contributed by atoms with Crippen LogP contribution in [0.5, 0.6) is 0 Å². The summed E-state index contributed by atoms with van der Waals surface area (Å²) in [7, 11) is 0. The number of hydrogen-bond acceptors (Lipinski definition) is 2. The van der Waals surface area contributed by atoms with E-state index >= 15 is 0 Å². The highest BCUT2D eigenvalue weighted by Crippen LogP contribution is 2.16. The van der Waals surface area contributed by atoms with Crippen LogP contribution in [0.1, 0.15) is 43.2 Å². The lowest BCUT2D eigenvalue weighted by molar-refractivity contribution is 0.237. The van der Waals surface area contributed by atoms with Crippen LogP contribution >= 0.6 is 0 Å². The molecule has 1 saturated heterocycles. The summed E-state index contributed by atoms with van der Waals surface area (Å²) >= 11 is 0. The lowest BCUT2D eigenvalue weighted by Gasteiger charge is -2.24. The first-order valence-corrected chi connectivity index (χ1v) is 6.99. The molecule has 0 atom stereocenters. The Morgan fingerprint density at radius 2 is 1.72 bits per heavy atom. The van der Waals surface area contributed by atoms with Gasteiger partial charge in [-0.2, -0.15) is 0 Å². The molecule has 1 aromatic carbocycles. The van der Waals surface area contributed by atoms with Crippen LogP contribution in [-0.2, 0) is 13.1 Å². The van der Waals surface area contributed by atoms with Crippen molar-refractivity contribution in [2.45, 2.75) is 45.2 Å². The molecule has 2 rings (SSSR count). The van der Waals surface area contributed by atoms with E-state index in [0.717, 1.165) is 30.8 Å². The van der Waals surface area contributed by atoms with Crippen LogP contribution < -0.4 is 5.73 Å². The summed E-state index contributed by atoms with van der Waals surface area (Å²) in [6.45, 7) is 3.38. The number of rotatable bonds is 3. The fourth-order valence-electron chi connectivity index (χ4n) is 2.59. The number of halogens is 1. The summed E-state index contributed by atoms with van der Waals surface area (Å²) < 4.78 is 13.8. The van der Waals surface area contributed by atoms with Gasteiger partial charge in [0.2, 0.25) is 0 Å². The number of hydrogen-bond donors (Lipinski definition) is 1. The molecule has 1 aromatic rings. The minimum absolute atomic E-state index is 0.103. The third-order valence-corrected chi connectivity index (χ3v) is 3.69.